The van der Waals surface area contributed by atoms with Gasteiger partial charge in [-0.3, -0.25) is 0 Å². The maximum Gasteiger partial charge on any atom is 0.119 e. The molecular weight excluding hydrogens is 230 g/mol. The van der Waals surface area contributed by atoms with Crippen molar-refractivity contribution in [3.05, 3.63) is 52.0 Å². The van der Waals surface area contributed by atoms with E-state index in [2.05, 4.69) is 24.0 Å². The van der Waals surface area contributed by atoms with Crippen molar-refractivity contribution in [2.75, 3.05) is 6.61 Å². The number of nitrogens with zero attached hydrogens (tertiary/aromatic N) is 1. The Morgan fingerprint density at radius 1 is 1.29 bits per heavy atom. The second kappa shape index (κ2) is 5.94. The van der Waals surface area contributed by atoms with E-state index in [9.17, 15) is 0 Å². The molecule has 3 heteroatoms. The van der Waals surface area contributed by atoms with Gasteiger partial charge in [0.15, 0.2) is 0 Å². The smallest absolute Gasteiger partial charge is 0.119 e. The topological polar surface area (TPSA) is 22.1 Å². The lowest BCUT2D eigenvalue weighted by Crippen LogP contribution is -2.06. The van der Waals surface area contributed by atoms with E-state index in [-0.39, 0.29) is 6.10 Å². The molecule has 0 bridgehead atoms. The molecule has 17 heavy (non-hydrogen) atoms. The second-order valence-corrected chi connectivity index (χ2v) is 4.85. The number of hydrogen-bond donors (Lipinski definition) is 0. The van der Waals surface area contributed by atoms with Crippen LogP contribution in [0, 0.1) is 6.92 Å². The molecule has 0 N–H and O–H groups in total. The van der Waals surface area contributed by atoms with Crippen molar-refractivity contribution in [2.45, 2.75) is 26.4 Å². The fraction of sp³-hybridized carbons (Fsp3) is 0.357. The summed E-state index contributed by atoms with van der Waals surface area (Å²) < 4.78 is 5.97. The molecule has 1 aromatic carbocycles. The quantitative estimate of drug-likeness (QED) is 0.797. The van der Waals surface area contributed by atoms with Crippen LogP contribution in [0.5, 0.6) is 0 Å². The zero-order valence-electron chi connectivity index (χ0n) is 10.2. The molecule has 0 fully saturated rings. The highest BCUT2D eigenvalue weighted by molar-refractivity contribution is 7.09. The third-order valence-electron chi connectivity index (χ3n) is 2.61. The highest BCUT2D eigenvalue weighted by atomic mass is 32.1. The van der Waals surface area contributed by atoms with Gasteiger partial charge in [-0.05, 0) is 18.9 Å². The van der Waals surface area contributed by atoms with Gasteiger partial charge in [0.1, 0.15) is 6.10 Å². The average Bonchev–Trinajstić information content (AvgIpc) is 2.78. The molecule has 1 aromatic heterocycles. The lowest BCUT2D eigenvalue weighted by molar-refractivity contribution is 0.0824. The van der Waals surface area contributed by atoms with E-state index in [0.717, 1.165) is 18.7 Å². The van der Waals surface area contributed by atoms with Crippen LogP contribution in [0.25, 0.3) is 0 Å². The summed E-state index contributed by atoms with van der Waals surface area (Å²) in [4.78, 5) is 5.52. The molecule has 0 aliphatic rings. The minimum Gasteiger partial charge on any atom is -0.368 e. The Bertz CT molecular complexity index is 452. The Balaban J connectivity index is 2.29. The standard InChI is InChI=1S/C14H17NOS/c1-3-9-16-13(12-7-5-4-6-8-12)14-11(2)15-10-17-14/h4-8,10,13H,3,9H2,1-2H3. The van der Waals surface area contributed by atoms with Gasteiger partial charge in [0.2, 0.25) is 0 Å². The molecular formula is C14H17NOS. The summed E-state index contributed by atoms with van der Waals surface area (Å²) >= 11 is 1.67. The van der Waals surface area contributed by atoms with Crippen LogP contribution in [0.1, 0.15) is 35.6 Å². The molecule has 0 spiro atoms. The zero-order valence-corrected chi connectivity index (χ0v) is 11.0. The number of aromatic nitrogens is 1. The number of thiazole rings is 1. The molecule has 0 saturated carbocycles. The van der Waals surface area contributed by atoms with E-state index in [1.807, 2.05) is 30.6 Å². The SMILES string of the molecule is CCCOC(c1ccccc1)c1scnc1C. The molecule has 0 amide bonds. The number of rotatable bonds is 5. The van der Waals surface area contributed by atoms with Crippen LogP contribution in [-0.2, 0) is 4.74 Å². The zero-order chi connectivity index (χ0) is 12.1. The Kier molecular flexibility index (Phi) is 4.29. The molecule has 2 nitrogen and oxygen atoms in total. The molecule has 1 heterocycles. The van der Waals surface area contributed by atoms with Gasteiger partial charge < -0.3 is 4.74 Å². The highest BCUT2D eigenvalue weighted by Crippen LogP contribution is 2.31. The van der Waals surface area contributed by atoms with Gasteiger partial charge in [-0.25, -0.2) is 4.98 Å². The molecule has 1 unspecified atom stereocenters. The van der Waals surface area contributed by atoms with E-state index < -0.39 is 0 Å². The molecule has 0 radical (unpaired) electrons. The second-order valence-electron chi connectivity index (χ2n) is 3.96. The first-order chi connectivity index (χ1) is 8.33. The van der Waals surface area contributed by atoms with Crippen molar-refractivity contribution in [1.29, 1.82) is 0 Å². The first-order valence-electron chi connectivity index (χ1n) is 5.89. The van der Waals surface area contributed by atoms with Crippen LogP contribution >= 0.6 is 11.3 Å². The van der Waals surface area contributed by atoms with Crippen molar-refractivity contribution in [2.24, 2.45) is 0 Å². The third kappa shape index (κ3) is 2.93. The third-order valence-corrected chi connectivity index (χ3v) is 3.59. The number of ether oxygens (including phenoxy) is 1. The Hall–Kier alpha value is -1.19. The van der Waals surface area contributed by atoms with Crippen LogP contribution in [0.3, 0.4) is 0 Å². The fourth-order valence-electron chi connectivity index (χ4n) is 1.75. The van der Waals surface area contributed by atoms with Gasteiger partial charge in [0.05, 0.1) is 16.1 Å². The molecule has 0 aliphatic carbocycles. The van der Waals surface area contributed by atoms with Gasteiger partial charge in [-0.2, -0.15) is 0 Å². The van der Waals surface area contributed by atoms with Crippen LogP contribution in [-0.4, -0.2) is 11.6 Å². The summed E-state index contributed by atoms with van der Waals surface area (Å²) in [6.45, 7) is 4.94. The summed E-state index contributed by atoms with van der Waals surface area (Å²) in [5.41, 5.74) is 4.16. The van der Waals surface area contributed by atoms with E-state index in [1.165, 1.54) is 10.4 Å². The molecule has 2 aromatic rings. The fourth-order valence-corrected chi connectivity index (χ4v) is 2.62. The van der Waals surface area contributed by atoms with Crippen molar-refractivity contribution in [1.82, 2.24) is 4.98 Å². The summed E-state index contributed by atoms with van der Waals surface area (Å²) in [5.74, 6) is 0. The molecule has 2 rings (SSSR count). The lowest BCUT2D eigenvalue weighted by atomic mass is 10.1. The van der Waals surface area contributed by atoms with Crippen LogP contribution in [0.15, 0.2) is 35.8 Å². The predicted molar refractivity (Wildman–Crippen MR) is 71.4 cm³/mol. The number of benzene rings is 1. The maximum atomic E-state index is 5.97. The first kappa shape index (κ1) is 12.3. The monoisotopic (exact) mass is 247 g/mol. The Labute approximate surface area is 106 Å². The van der Waals surface area contributed by atoms with E-state index >= 15 is 0 Å². The van der Waals surface area contributed by atoms with Gasteiger partial charge in [-0.1, -0.05) is 37.3 Å². The highest BCUT2D eigenvalue weighted by Gasteiger charge is 2.18. The minimum absolute atomic E-state index is 0.0312. The summed E-state index contributed by atoms with van der Waals surface area (Å²) in [6, 6.07) is 10.3. The normalized spacial score (nSPS) is 12.6. The number of hydrogen-bond acceptors (Lipinski definition) is 3. The first-order valence-corrected chi connectivity index (χ1v) is 6.77. The Morgan fingerprint density at radius 2 is 2.06 bits per heavy atom. The maximum absolute atomic E-state index is 5.97. The van der Waals surface area contributed by atoms with Crippen molar-refractivity contribution >= 4 is 11.3 Å². The lowest BCUT2D eigenvalue weighted by Gasteiger charge is -2.17. The molecule has 0 aliphatic heterocycles. The Morgan fingerprint density at radius 3 is 2.65 bits per heavy atom. The molecule has 1 atom stereocenters. The van der Waals surface area contributed by atoms with Crippen LogP contribution < -0.4 is 0 Å². The summed E-state index contributed by atoms with van der Waals surface area (Å²) in [6.07, 6.45) is 1.06. The van der Waals surface area contributed by atoms with Crippen LogP contribution in [0.4, 0.5) is 0 Å². The van der Waals surface area contributed by atoms with Crippen LogP contribution in [0.2, 0.25) is 0 Å². The summed E-state index contributed by atoms with van der Waals surface area (Å²) in [5, 5.41) is 0. The van der Waals surface area contributed by atoms with Gasteiger partial charge in [-0.15, -0.1) is 11.3 Å². The van der Waals surface area contributed by atoms with Crippen molar-refractivity contribution < 1.29 is 4.74 Å². The largest absolute Gasteiger partial charge is 0.368 e. The van der Waals surface area contributed by atoms with E-state index in [4.69, 9.17) is 4.74 Å². The number of aryl methyl sites for hydroxylation is 1. The van der Waals surface area contributed by atoms with Crippen molar-refractivity contribution in [3.8, 4) is 0 Å². The van der Waals surface area contributed by atoms with Crippen molar-refractivity contribution in [3.63, 3.8) is 0 Å². The van der Waals surface area contributed by atoms with Gasteiger partial charge in [0.25, 0.3) is 0 Å². The summed E-state index contributed by atoms with van der Waals surface area (Å²) in [7, 11) is 0. The van der Waals surface area contributed by atoms with E-state index in [0.29, 0.717) is 0 Å². The van der Waals surface area contributed by atoms with E-state index in [1.54, 1.807) is 11.3 Å². The van der Waals surface area contributed by atoms with Gasteiger partial charge >= 0.3 is 0 Å². The average molecular weight is 247 g/mol. The van der Waals surface area contributed by atoms with Gasteiger partial charge in [0, 0.05) is 6.61 Å². The minimum atomic E-state index is 0.0312. The molecule has 0 saturated heterocycles. The molecule has 90 valence electrons. The predicted octanol–water partition coefficient (Wildman–Crippen LogP) is 3.97.